The molecular weight excluding hydrogens is 439 g/mol. The van der Waals surface area contributed by atoms with Crippen LogP contribution in [0, 0.1) is 11.2 Å². The van der Waals surface area contributed by atoms with Crippen LogP contribution in [0.15, 0.2) is 78.6 Å². The summed E-state index contributed by atoms with van der Waals surface area (Å²) in [7, 11) is 0. The lowest BCUT2D eigenvalue weighted by atomic mass is 10.1. The normalized spacial score (nSPS) is 13.7. The van der Waals surface area contributed by atoms with Gasteiger partial charge in [-0.05, 0) is 48.0 Å². The van der Waals surface area contributed by atoms with Crippen molar-refractivity contribution in [3.63, 3.8) is 0 Å². The number of para-hydroxylation sites is 1. The lowest BCUT2D eigenvalue weighted by Crippen LogP contribution is -2.27. The molecule has 5 rings (SSSR count). The molecule has 0 saturated carbocycles. The van der Waals surface area contributed by atoms with Crippen molar-refractivity contribution in [3.05, 3.63) is 101 Å². The van der Waals surface area contributed by atoms with E-state index in [9.17, 15) is 14.3 Å². The molecule has 1 aromatic heterocycles. The number of aliphatic hydroxyl groups is 1. The standard InChI is InChI=1S/C25H19FN4O2S/c26-17-7-3-5-15(11-17)13-28-24(32)16-6-4-8-18(12-16)30-14-20(31)22(23(30)27)25-29-19-9-1-2-10-21(19)33-25/h1-12,27,31H,13-14H2,(H,28,32). The van der Waals surface area contributed by atoms with E-state index in [0.29, 0.717) is 27.4 Å². The van der Waals surface area contributed by atoms with Crippen molar-refractivity contribution < 1.29 is 14.3 Å². The number of carbonyl (C=O) groups excluding carboxylic acids is 1. The van der Waals surface area contributed by atoms with Crippen LogP contribution < -0.4 is 10.2 Å². The topological polar surface area (TPSA) is 89.3 Å². The SMILES string of the molecule is N=C1C(c2nc3ccccc3s2)=C(O)CN1c1cccc(C(=O)NCc2cccc(F)c2)c1. The predicted octanol–water partition coefficient (Wildman–Crippen LogP) is 5.13. The van der Waals surface area contributed by atoms with Crippen LogP contribution in [0.1, 0.15) is 20.9 Å². The first-order valence-corrected chi connectivity index (χ1v) is 11.1. The second-order valence-corrected chi connectivity index (χ2v) is 8.64. The molecule has 0 aliphatic carbocycles. The molecule has 4 aromatic rings. The smallest absolute Gasteiger partial charge is 0.251 e. The molecule has 2 heterocycles. The number of carbonyl (C=O) groups is 1. The third-order valence-corrected chi connectivity index (χ3v) is 6.43. The van der Waals surface area contributed by atoms with Gasteiger partial charge in [-0.2, -0.15) is 0 Å². The molecule has 0 saturated heterocycles. The van der Waals surface area contributed by atoms with Gasteiger partial charge in [0.2, 0.25) is 0 Å². The molecule has 1 amide bonds. The summed E-state index contributed by atoms with van der Waals surface area (Å²) < 4.78 is 14.3. The largest absolute Gasteiger partial charge is 0.510 e. The van der Waals surface area contributed by atoms with Crippen LogP contribution in [-0.2, 0) is 6.54 Å². The summed E-state index contributed by atoms with van der Waals surface area (Å²) in [4.78, 5) is 18.9. The van der Waals surface area contributed by atoms with Crippen molar-refractivity contribution in [1.29, 1.82) is 5.41 Å². The third-order valence-electron chi connectivity index (χ3n) is 5.37. The number of benzene rings is 3. The number of anilines is 1. The summed E-state index contributed by atoms with van der Waals surface area (Å²) in [6.45, 7) is 0.322. The van der Waals surface area contributed by atoms with Crippen molar-refractivity contribution in [2.24, 2.45) is 0 Å². The van der Waals surface area contributed by atoms with E-state index < -0.39 is 0 Å². The number of aliphatic hydroxyl groups excluding tert-OH is 1. The molecule has 0 fully saturated rings. The maximum absolute atomic E-state index is 13.4. The molecule has 1 aliphatic rings. The molecular formula is C25H19FN4O2S. The van der Waals surface area contributed by atoms with Gasteiger partial charge < -0.3 is 15.3 Å². The van der Waals surface area contributed by atoms with E-state index in [1.165, 1.54) is 23.5 Å². The minimum atomic E-state index is -0.354. The van der Waals surface area contributed by atoms with Crippen LogP contribution >= 0.6 is 11.3 Å². The van der Waals surface area contributed by atoms with Crippen LogP contribution in [0.5, 0.6) is 0 Å². The van der Waals surface area contributed by atoms with E-state index in [0.717, 1.165) is 10.2 Å². The zero-order valence-electron chi connectivity index (χ0n) is 17.4. The Balaban J connectivity index is 1.34. The predicted molar refractivity (Wildman–Crippen MR) is 128 cm³/mol. The van der Waals surface area contributed by atoms with Gasteiger partial charge in [0, 0.05) is 17.8 Å². The van der Waals surface area contributed by atoms with Crippen LogP contribution in [0.3, 0.4) is 0 Å². The first kappa shape index (κ1) is 20.8. The van der Waals surface area contributed by atoms with E-state index in [4.69, 9.17) is 5.41 Å². The monoisotopic (exact) mass is 458 g/mol. The number of fused-ring (bicyclic) bond motifs is 1. The van der Waals surface area contributed by atoms with Gasteiger partial charge in [-0.25, -0.2) is 9.37 Å². The Kier molecular flexibility index (Phi) is 5.35. The van der Waals surface area contributed by atoms with Crippen molar-refractivity contribution >= 4 is 44.6 Å². The summed E-state index contributed by atoms with van der Waals surface area (Å²) >= 11 is 1.43. The molecule has 3 aromatic carbocycles. The van der Waals surface area contributed by atoms with Gasteiger partial charge in [0.15, 0.2) is 0 Å². The molecule has 3 N–H and O–H groups in total. The molecule has 0 bridgehead atoms. The summed E-state index contributed by atoms with van der Waals surface area (Å²) in [5.41, 5.74) is 2.90. The van der Waals surface area contributed by atoms with Crippen LogP contribution in [0.4, 0.5) is 10.1 Å². The molecule has 0 radical (unpaired) electrons. The van der Waals surface area contributed by atoms with Crippen LogP contribution in [0.25, 0.3) is 15.8 Å². The molecule has 164 valence electrons. The quantitative estimate of drug-likeness (QED) is 0.387. The fourth-order valence-electron chi connectivity index (χ4n) is 3.75. The van der Waals surface area contributed by atoms with Gasteiger partial charge in [-0.3, -0.25) is 10.2 Å². The fraction of sp³-hybridized carbons (Fsp3) is 0.0800. The minimum Gasteiger partial charge on any atom is -0.510 e. The highest BCUT2D eigenvalue weighted by molar-refractivity contribution is 7.19. The Labute approximate surface area is 193 Å². The van der Waals surface area contributed by atoms with Gasteiger partial charge >= 0.3 is 0 Å². The van der Waals surface area contributed by atoms with Gasteiger partial charge in [0.1, 0.15) is 22.4 Å². The van der Waals surface area contributed by atoms with Gasteiger partial charge in [-0.1, -0.05) is 30.3 Å². The minimum absolute atomic E-state index is 0.0695. The summed E-state index contributed by atoms with van der Waals surface area (Å²) in [5.74, 6) is -0.466. The van der Waals surface area contributed by atoms with Crippen molar-refractivity contribution in [2.45, 2.75) is 6.54 Å². The number of amidine groups is 1. The summed E-state index contributed by atoms with van der Waals surface area (Å²) in [5, 5.41) is 22.7. The number of rotatable bonds is 5. The number of aromatic nitrogens is 1. The van der Waals surface area contributed by atoms with Gasteiger partial charge in [-0.15, -0.1) is 11.3 Å². The van der Waals surface area contributed by atoms with Crippen molar-refractivity contribution in [2.75, 3.05) is 11.4 Å². The molecule has 6 nitrogen and oxygen atoms in total. The van der Waals surface area contributed by atoms with Crippen molar-refractivity contribution in [1.82, 2.24) is 10.3 Å². The molecule has 0 atom stereocenters. The van der Waals surface area contributed by atoms with Crippen molar-refractivity contribution in [3.8, 4) is 0 Å². The first-order valence-electron chi connectivity index (χ1n) is 10.3. The van der Waals surface area contributed by atoms with Crippen LogP contribution in [0.2, 0.25) is 0 Å². The lowest BCUT2D eigenvalue weighted by molar-refractivity contribution is 0.0951. The number of halogens is 1. The Morgan fingerprint density at radius 2 is 1.94 bits per heavy atom. The maximum atomic E-state index is 13.4. The van der Waals surface area contributed by atoms with Gasteiger partial charge in [0.25, 0.3) is 5.91 Å². The zero-order chi connectivity index (χ0) is 22.9. The highest BCUT2D eigenvalue weighted by Crippen LogP contribution is 2.35. The average molecular weight is 459 g/mol. The second-order valence-electron chi connectivity index (χ2n) is 7.61. The third kappa shape index (κ3) is 4.08. The fourth-order valence-corrected chi connectivity index (χ4v) is 4.78. The molecule has 0 spiro atoms. The number of amides is 1. The van der Waals surface area contributed by atoms with E-state index in [1.807, 2.05) is 24.3 Å². The Bertz CT molecular complexity index is 1400. The number of nitrogens with one attached hydrogen (secondary N) is 2. The second kappa shape index (κ2) is 8.48. The van der Waals surface area contributed by atoms with Crippen LogP contribution in [-0.4, -0.2) is 28.4 Å². The van der Waals surface area contributed by atoms with E-state index in [2.05, 4.69) is 10.3 Å². The number of thiazole rings is 1. The maximum Gasteiger partial charge on any atom is 0.251 e. The molecule has 1 aliphatic heterocycles. The Morgan fingerprint density at radius 1 is 1.12 bits per heavy atom. The highest BCUT2D eigenvalue weighted by atomic mass is 32.1. The highest BCUT2D eigenvalue weighted by Gasteiger charge is 2.31. The molecule has 33 heavy (non-hydrogen) atoms. The summed E-state index contributed by atoms with van der Waals surface area (Å²) in [6, 6.07) is 20.6. The van der Waals surface area contributed by atoms with E-state index >= 15 is 0 Å². The lowest BCUT2D eigenvalue weighted by Gasteiger charge is -2.19. The average Bonchev–Trinajstić information content (AvgIpc) is 3.37. The number of nitrogens with zero attached hydrogens (tertiary/aromatic N) is 2. The molecule has 8 heteroatoms. The molecule has 0 unspecified atom stereocenters. The Morgan fingerprint density at radius 3 is 2.76 bits per heavy atom. The first-order chi connectivity index (χ1) is 16.0. The summed E-state index contributed by atoms with van der Waals surface area (Å²) in [6.07, 6.45) is 0. The Hall–Kier alpha value is -4.04. The number of hydrogen-bond acceptors (Lipinski definition) is 5. The van der Waals surface area contributed by atoms with E-state index in [-0.39, 0.29) is 36.4 Å². The number of hydrogen-bond donors (Lipinski definition) is 3. The van der Waals surface area contributed by atoms with E-state index in [1.54, 1.807) is 41.3 Å². The van der Waals surface area contributed by atoms with Gasteiger partial charge in [0.05, 0.1) is 22.3 Å². The zero-order valence-corrected chi connectivity index (χ0v) is 18.2.